The lowest BCUT2D eigenvalue weighted by molar-refractivity contribution is -0.145. The van der Waals surface area contributed by atoms with E-state index >= 15 is 0 Å². The first-order valence-corrected chi connectivity index (χ1v) is 13.3. The maximum atomic E-state index is 14.3. The number of ether oxygens (including phenoxy) is 2. The molecule has 0 radical (unpaired) electrons. The lowest BCUT2D eigenvalue weighted by atomic mass is 10.2. The lowest BCUT2D eigenvalue weighted by Crippen LogP contribution is -2.43. The van der Waals surface area contributed by atoms with E-state index in [9.17, 15) is 18.8 Å². The second-order valence-electron chi connectivity index (χ2n) is 7.81. The first-order valence-electron chi connectivity index (χ1n) is 10.7. The van der Waals surface area contributed by atoms with Crippen LogP contribution in [0.4, 0.5) is 4.39 Å². The first-order chi connectivity index (χ1) is 16.3. The predicted molar refractivity (Wildman–Crippen MR) is 123 cm³/mol. The molecule has 2 fully saturated rings. The van der Waals surface area contributed by atoms with Crippen molar-refractivity contribution in [3.8, 4) is 0 Å². The Morgan fingerprint density at radius 3 is 2.74 bits per heavy atom. The Bertz CT molecular complexity index is 1200. The van der Waals surface area contributed by atoms with Gasteiger partial charge in [0.05, 0.1) is 33.1 Å². The second kappa shape index (κ2) is 10.6. The summed E-state index contributed by atoms with van der Waals surface area (Å²) in [5.41, 5.74) is -0.861. The molecule has 34 heavy (non-hydrogen) atoms. The van der Waals surface area contributed by atoms with E-state index in [-0.39, 0.29) is 26.3 Å². The normalized spacial score (nSPS) is 25.0. The number of benzene rings is 1. The summed E-state index contributed by atoms with van der Waals surface area (Å²) in [6.45, 7) is -2.87. The van der Waals surface area contributed by atoms with E-state index in [0.29, 0.717) is 13.0 Å². The molecule has 0 amide bonds. The van der Waals surface area contributed by atoms with Gasteiger partial charge in [0.2, 0.25) is 5.82 Å². The molecule has 1 aromatic heterocycles. The van der Waals surface area contributed by atoms with Crippen LogP contribution in [0.5, 0.6) is 0 Å². The Labute approximate surface area is 200 Å². The number of esters is 1. The number of halogens is 1. The van der Waals surface area contributed by atoms with E-state index in [1.165, 1.54) is 7.11 Å². The molecule has 2 aromatic rings. The highest BCUT2D eigenvalue weighted by Gasteiger charge is 2.45. The summed E-state index contributed by atoms with van der Waals surface area (Å²) in [5, 5.41) is 0. The van der Waals surface area contributed by atoms with E-state index in [0.717, 1.165) is 27.3 Å². The van der Waals surface area contributed by atoms with Crippen LogP contribution in [0.3, 0.4) is 0 Å². The van der Waals surface area contributed by atoms with Crippen LogP contribution in [0.1, 0.15) is 24.6 Å². The Morgan fingerprint density at radius 1 is 1.29 bits per heavy atom. The van der Waals surface area contributed by atoms with Crippen LogP contribution in [0.2, 0.25) is 0 Å². The van der Waals surface area contributed by atoms with Crippen molar-refractivity contribution in [3.05, 3.63) is 68.7 Å². The molecular weight excluding hydrogens is 488 g/mol. The molecule has 0 spiro atoms. The van der Waals surface area contributed by atoms with Crippen LogP contribution in [0, 0.1) is 5.82 Å². The molecule has 0 saturated carbocycles. The highest BCUT2D eigenvalue weighted by Crippen LogP contribution is 2.58. The smallest absolute Gasteiger partial charge is 0.333 e. The van der Waals surface area contributed by atoms with Crippen molar-refractivity contribution in [2.24, 2.45) is 0 Å². The van der Waals surface area contributed by atoms with Gasteiger partial charge in [-0.15, -0.1) is 0 Å². The number of rotatable bonds is 8. The maximum absolute atomic E-state index is 14.3. The Morgan fingerprint density at radius 2 is 2.06 bits per heavy atom. The molecule has 3 atom stereocenters. The van der Waals surface area contributed by atoms with Crippen molar-refractivity contribution in [3.63, 3.8) is 0 Å². The van der Waals surface area contributed by atoms with E-state index in [2.05, 4.69) is 0 Å². The largest absolute Gasteiger partial charge is 0.468 e. The third-order valence-corrected chi connectivity index (χ3v) is 8.96. The number of methoxy groups -OCH3 is 1. The van der Waals surface area contributed by atoms with Gasteiger partial charge in [0, 0.05) is 13.2 Å². The lowest BCUT2D eigenvalue weighted by Gasteiger charge is -2.28. The minimum atomic E-state index is -3.16. The van der Waals surface area contributed by atoms with Crippen molar-refractivity contribution in [1.29, 1.82) is 0 Å². The zero-order valence-electron chi connectivity index (χ0n) is 18.5. The highest BCUT2D eigenvalue weighted by atomic mass is 32.5. The molecule has 2 aliphatic rings. The summed E-state index contributed by atoms with van der Waals surface area (Å²) in [6.07, 6.45) is 1.54. The van der Waals surface area contributed by atoms with Gasteiger partial charge in [0.15, 0.2) is 0 Å². The maximum Gasteiger partial charge on any atom is 0.333 e. The zero-order valence-corrected chi connectivity index (χ0v) is 20.2. The summed E-state index contributed by atoms with van der Waals surface area (Å²) in [6, 6.07) is 8.59. The molecule has 13 heteroatoms. The number of aromatic nitrogens is 2. The van der Waals surface area contributed by atoms with Crippen LogP contribution in [0.25, 0.3) is 0 Å². The van der Waals surface area contributed by atoms with Gasteiger partial charge >= 0.3 is 11.7 Å². The van der Waals surface area contributed by atoms with Crippen molar-refractivity contribution in [1.82, 2.24) is 13.8 Å². The SMILES string of the molecule is COC(=O)[C@H]1CO[P@](=S)(OCCn2c(=O)c(F)cn([C@@H]3CCCO3)c2=O)N1Cc1ccccc1. The van der Waals surface area contributed by atoms with Crippen molar-refractivity contribution >= 4 is 24.4 Å². The molecule has 0 N–H and O–H groups in total. The standard InChI is InChI=1S/C21H25FN3O7PS/c1-29-20(27)17-14-32-33(34,25(17)12-15-6-3-2-4-7-15)31-11-9-23-19(26)16(22)13-24(21(23)28)18-8-5-10-30-18/h2-4,6-7,13,17-18H,5,8-12,14H2,1H3/t17-,18+,33-/m1/s1. The fraction of sp³-hybridized carbons (Fsp3) is 0.476. The number of carbonyl (C=O) groups is 1. The Kier molecular flexibility index (Phi) is 7.76. The number of hydrogen-bond donors (Lipinski definition) is 0. The van der Waals surface area contributed by atoms with Gasteiger partial charge in [-0.25, -0.2) is 9.46 Å². The van der Waals surface area contributed by atoms with Gasteiger partial charge in [-0.1, -0.05) is 30.3 Å². The molecule has 1 aromatic carbocycles. The van der Waals surface area contributed by atoms with Crippen molar-refractivity contribution in [2.75, 3.05) is 26.9 Å². The second-order valence-corrected chi connectivity index (χ2v) is 11.2. The van der Waals surface area contributed by atoms with Crippen LogP contribution in [-0.4, -0.2) is 52.7 Å². The highest BCUT2D eigenvalue weighted by molar-refractivity contribution is 8.08. The summed E-state index contributed by atoms with van der Waals surface area (Å²) in [7, 11) is 1.28. The molecule has 184 valence electrons. The average Bonchev–Trinajstić information content (AvgIpc) is 3.48. The molecule has 3 heterocycles. The van der Waals surface area contributed by atoms with Crippen LogP contribution in [0.15, 0.2) is 46.1 Å². The van der Waals surface area contributed by atoms with Crippen LogP contribution >= 0.6 is 6.64 Å². The molecule has 2 saturated heterocycles. The van der Waals surface area contributed by atoms with Gasteiger partial charge in [0.1, 0.15) is 12.3 Å². The minimum absolute atomic E-state index is 0.0114. The monoisotopic (exact) mass is 513 g/mol. The fourth-order valence-electron chi connectivity index (χ4n) is 3.92. The zero-order chi connectivity index (χ0) is 24.3. The summed E-state index contributed by atoms with van der Waals surface area (Å²) < 4.78 is 39.7. The van der Waals surface area contributed by atoms with Crippen molar-refractivity contribution in [2.45, 2.75) is 38.2 Å². The van der Waals surface area contributed by atoms with Gasteiger partial charge in [0.25, 0.3) is 12.2 Å². The third kappa shape index (κ3) is 5.07. The van der Waals surface area contributed by atoms with E-state index in [1.807, 2.05) is 30.3 Å². The fourth-order valence-corrected chi connectivity index (χ4v) is 6.69. The number of hydrogen-bond acceptors (Lipinski definition) is 8. The minimum Gasteiger partial charge on any atom is -0.468 e. The van der Waals surface area contributed by atoms with Gasteiger partial charge in [-0.3, -0.25) is 18.7 Å². The number of nitrogens with zero attached hydrogens (tertiary/aromatic N) is 3. The van der Waals surface area contributed by atoms with E-state index in [1.54, 1.807) is 4.67 Å². The topological polar surface area (TPSA) is 101 Å². The Hall–Kier alpha value is -2.21. The van der Waals surface area contributed by atoms with Crippen LogP contribution < -0.4 is 11.2 Å². The first kappa shape index (κ1) is 24.9. The molecule has 4 rings (SSSR count). The van der Waals surface area contributed by atoms with Gasteiger partial charge in [-0.2, -0.15) is 4.39 Å². The predicted octanol–water partition coefficient (Wildman–Crippen LogP) is 1.77. The summed E-state index contributed by atoms with van der Waals surface area (Å²) in [4.78, 5) is 37.5. The average molecular weight is 513 g/mol. The quantitative estimate of drug-likeness (QED) is 0.386. The molecule has 0 unspecified atom stereocenters. The molecule has 0 aliphatic carbocycles. The van der Waals surface area contributed by atoms with E-state index < -0.39 is 41.9 Å². The summed E-state index contributed by atoms with van der Waals surface area (Å²) in [5.74, 6) is -1.57. The van der Waals surface area contributed by atoms with Gasteiger partial charge in [-0.05, 0) is 30.2 Å². The Balaban J connectivity index is 1.53. The molecule has 0 bridgehead atoms. The molecule has 10 nitrogen and oxygen atoms in total. The summed E-state index contributed by atoms with van der Waals surface area (Å²) >= 11 is 5.67. The molecular formula is C21H25FN3O7PS. The van der Waals surface area contributed by atoms with Gasteiger partial charge < -0.3 is 18.5 Å². The number of carbonyl (C=O) groups excluding carboxylic acids is 1. The molecule has 2 aliphatic heterocycles. The third-order valence-electron chi connectivity index (χ3n) is 5.67. The van der Waals surface area contributed by atoms with Crippen LogP contribution in [-0.2, 0) is 48.2 Å². The van der Waals surface area contributed by atoms with Crippen molar-refractivity contribution < 1.29 is 27.7 Å². The van der Waals surface area contributed by atoms with E-state index in [4.69, 9.17) is 30.3 Å².